The Labute approximate surface area is 66.9 Å². The van der Waals surface area contributed by atoms with Gasteiger partial charge in [-0.05, 0) is 25.5 Å². The highest BCUT2D eigenvalue weighted by molar-refractivity contribution is 5.75. The van der Waals surface area contributed by atoms with Crippen molar-refractivity contribution in [1.82, 2.24) is 0 Å². The van der Waals surface area contributed by atoms with Crippen LogP contribution in [0.3, 0.4) is 0 Å². The average molecular weight is 151 g/mol. The van der Waals surface area contributed by atoms with E-state index in [1.807, 2.05) is 12.1 Å². The molecule has 0 radical (unpaired) electrons. The zero-order valence-corrected chi connectivity index (χ0v) is 6.95. The van der Waals surface area contributed by atoms with E-state index < -0.39 is 0 Å². The molecule has 1 heterocycles. The quantitative estimate of drug-likeness (QED) is 0.609. The molecule has 0 aliphatic rings. The van der Waals surface area contributed by atoms with Gasteiger partial charge in [0.15, 0.2) is 0 Å². The number of hydrogen-bond donors (Lipinski definition) is 0. The standard InChI is InChI=1S/C9H13NO/c1-3-8(2)10-7-9-5-4-6-11-9/h4-8H,3H2,1-2H3/t8-/m1/s1. The summed E-state index contributed by atoms with van der Waals surface area (Å²) in [5.41, 5.74) is 0. The summed E-state index contributed by atoms with van der Waals surface area (Å²) in [4.78, 5) is 4.27. The van der Waals surface area contributed by atoms with E-state index in [0.717, 1.165) is 12.2 Å². The highest BCUT2D eigenvalue weighted by Crippen LogP contribution is 1.98. The summed E-state index contributed by atoms with van der Waals surface area (Å²) < 4.78 is 5.08. The summed E-state index contributed by atoms with van der Waals surface area (Å²) >= 11 is 0. The van der Waals surface area contributed by atoms with Crippen molar-refractivity contribution in [2.24, 2.45) is 4.99 Å². The largest absolute Gasteiger partial charge is 0.463 e. The highest BCUT2D eigenvalue weighted by Gasteiger charge is 1.92. The normalized spacial score (nSPS) is 14.0. The monoisotopic (exact) mass is 151 g/mol. The molecule has 0 aromatic carbocycles. The Morgan fingerprint density at radius 2 is 2.55 bits per heavy atom. The van der Waals surface area contributed by atoms with E-state index in [1.54, 1.807) is 12.5 Å². The second kappa shape index (κ2) is 3.96. The minimum Gasteiger partial charge on any atom is -0.463 e. The second-order valence-electron chi connectivity index (χ2n) is 2.55. The molecule has 0 N–H and O–H groups in total. The molecule has 0 aliphatic heterocycles. The Balaban J connectivity index is 2.48. The van der Waals surface area contributed by atoms with Crippen molar-refractivity contribution in [1.29, 1.82) is 0 Å². The molecule has 0 fully saturated rings. The topological polar surface area (TPSA) is 25.5 Å². The third-order valence-corrected chi connectivity index (χ3v) is 1.59. The van der Waals surface area contributed by atoms with Crippen molar-refractivity contribution in [3.05, 3.63) is 24.2 Å². The molecule has 1 aromatic heterocycles. The van der Waals surface area contributed by atoms with Crippen LogP contribution in [0.1, 0.15) is 26.0 Å². The summed E-state index contributed by atoms with van der Waals surface area (Å²) in [6.45, 7) is 4.20. The fourth-order valence-corrected chi connectivity index (χ4v) is 0.671. The number of furan rings is 1. The minimum absolute atomic E-state index is 0.389. The zero-order valence-electron chi connectivity index (χ0n) is 6.95. The molecule has 0 bridgehead atoms. The van der Waals surface area contributed by atoms with Crippen molar-refractivity contribution >= 4 is 6.21 Å². The van der Waals surface area contributed by atoms with E-state index in [1.165, 1.54) is 0 Å². The maximum absolute atomic E-state index is 5.08. The van der Waals surface area contributed by atoms with Crippen LogP contribution in [-0.4, -0.2) is 12.3 Å². The van der Waals surface area contributed by atoms with Crippen molar-refractivity contribution in [2.45, 2.75) is 26.3 Å². The molecule has 1 rings (SSSR count). The molecule has 0 amide bonds. The van der Waals surface area contributed by atoms with Crippen molar-refractivity contribution in [3.8, 4) is 0 Å². The lowest BCUT2D eigenvalue weighted by Gasteiger charge is -1.97. The molecule has 0 saturated carbocycles. The Bertz CT molecular complexity index is 213. The van der Waals surface area contributed by atoms with Crippen LogP contribution in [0.2, 0.25) is 0 Å². The molecular weight excluding hydrogens is 138 g/mol. The summed E-state index contributed by atoms with van der Waals surface area (Å²) in [6, 6.07) is 4.14. The lowest BCUT2D eigenvalue weighted by atomic mass is 10.3. The van der Waals surface area contributed by atoms with Gasteiger partial charge in [-0.15, -0.1) is 0 Å². The fourth-order valence-electron chi connectivity index (χ4n) is 0.671. The maximum atomic E-state index is 5.08. The molecule has 1 atom stereocenters. The molecule has 2 nitrogen and oxygen atoms in total. The first-order valence-corrected chi connectivity index (χ1v) is 3.89. The van der Waals surface area contributed by atoms with Crippen molar-refractivity contribution in [2.75, 3.05) is 0 Å². The van der Waals surface area contributed by atoms with Gasteiger partial charge >= 0.3 is 0 Å². The molecule has 0 unspecified atom stereocenters. The summed E-state index contributed by atoms with van der Waals surface area (Å²) in [5, 5.41) is 0. The van der Waals surface area contributed by atoms with Crippen molar-refractivity contribution < 1.29 is 4.42 Å². The molecule has 0 aliphatic carbocycles. The molecule has 1 aromatic rings. The predicted octanol–water partition coefficient (Wildman–Crippen LogP) is 2.50. The van der Waals surface area contributed by atoms with E-state index >= 15 is 0 Å². The van der Waals surface area contributed by atoms with Gasteiger partial charge in [0, 0.05) is 6.04 Å². The Hall–Kier alpha value is -1.05. The Kier molecular flexibility index (Phi) is 2.90. The predicted molar refractivity (Wildman–Crippen MR) is 46.1 cm³/mol. The summed E-state index contributed by atoms with van der Waals surface area (Å²) in [5.74, 6) is 0.824. The molecule has 11 heavy (non-hydrogen) atoms. The van der Waals surface area contributed by atoms with Gasteiger partial charge in [-0.1, -0.05) is 6.92 Å². The number of rotatable bonds is 3. The summed E-state index contributed by atoms with van der Waals surface area (Å²) in [7, 11) is 0. The van der Waals surface area contributed by atoms with E-state index in [9.17, 15) is 0 Å². The lowest BCUT2D eigenvalue weighted by molar-refractivity contribution is 0.559. The molecule has 60 valence electrons. The van der Waals surface area contributed by atoms with Gasteiger partial charge < -0.3 is 4.42 Å². The van der Waals surface area contributed by atoms with Crippen LogP contribution in [0.15, 0.2) is 27.8 Å². The van der Waals surface area contributed by atoms with Gasteiger partial charge in [-0.25, -0.2) is 0 Å². The van der Waals surface area contributed by atoms with E-state index in [0.29, 0.717) is 6.04 Å². The molecular formula is C9H13NO. The van der Waals surface area contributed by atoms with Crippen LogP contribution in [0.5, 0.6) is 0 Å². The molecule has 0 saturated heterocycles. The third-order valence-electron chi connectivity index (χ3n) is 1.59. The van der Waals surface area contributed by atoms with E-state index in [2.05, 4.69) is 18.8 Å². The zero-order chi connectivity index (χ0) is 8.10. The first-order chi connectivity index (χ1) is 5.33. The first-order valence-electron chi connectivity index (χ1n) is 3.89. The van der Waals surface area contributed by atoms with Gasteiger partial charge in [0.05, 0.1) is 12.5 Å². The van der Waals surface area contributed by atoms with Gasteiger partial charge in [0.2, 0.25) is 0 Å². The minimum atomic E-state index is 0.389. The van der Waals surface area contributed by atoms with Gasteiger partial charge in [0.1, 0.15) is 5.76 Å². The van der Waals surface area contributed by atoms with E-state index in [4.69, 9.17) is 4.42 Å². The van der Waals surface area contributed by atoms with Crippen LogP contribution < -0.4 is 0 Å². The van der Waals surface area contributed by atoms with Crippen LogP contribution >= 0.6 is 0 Å². The van der Waals surface area contributed by atoms with Gasteiger partial charge in [-0.3, -0.25) is 4.99 Å². The van der Waals surface area contributed by atoms with Crippen LogP contribution in [0.4, 0.5) is 0 Å². The number of nitrogens with zero attached hydrogens (tertiary/aromatic N) is 1. The SMILES string of the molecule is CC[C@@H](C)N=Cc1ccco1. The Morgan fingerprint density at radius 3 is 3.09 bits per heavy atom. The Morgan fingerprint density at radius 1 is 1.73 bits per heavy atom. The molecule has 2 heteroatoms. The number of hydrogen-bond acceptors (Lipinski definition) is 2. The van der Waals surface area contributed by atoms with E-state index in [-0.39, 0.29) is 0 Å². The first kappa shape index (κ1) is 8.05. The average Bonchev–Trinajstić information content (AvgIpc) is 2.52. The van der Waals surface area contributed by atoms with Gasteiger partial charge in [0.25, 0.3) is 0 Å². The second-order valence-corrected chi connectivity index (χ2v) is 2.55. The van der Waals surface area contributed by atoms with Crippen molar-refractivity contribution in [3.63, 3.8) is 0 Å². The van der Waals surface area contributed by atoms with Crippen LogP contribution in [0, 0.1) is 0 Å². The maximum Gasteiger partial charge on any atom is 0.144 e. The number of aliphatic imine (C=N–C) groups is 1. The fraction of sp³-hybridized carbons (Fsp3) is 0.444. The van der Waals surface area contributed by atoms with Crippen LogP contribution in [0.25, 0.3) is 0 Å². The third kappa shape index (κ3) is 2.58. The molecule has 0 spiro atoms. The van der Waals surface area contributed by atoms with Gasteiger partial charge in [-0.2, -0.15) is 0 Å². The smallest absolute Gasteiger partial charge is 0.144 e. The highest BCUT2D eigenvalue weighted by atomic mass is 16.3. The lowest BCUT2D eigenvalue weighted by Crippen LogP contribution is -1.94. The summed E-state index contributed by atoms with van der Waals surface area (Å²) in [6.07, 6.45) is 4.49. The van der Waals surface area contributed by atoms with Crippen LogP contribution in [-0.2, 0) is 0 Å².